The monoisotopic (exact) mass is 635 g/mol. The molecule has 0 bridgehead atoms. The summed E-state index contributed by atoms with van der Waals surface area (Å²) in [5.74, 6) is -80.8. The van der Waals surface area contributed by atoms with Crippen LogP contribution in [0.25, 0.3) is 0 Å². The minimum absolute atomic E-state index is 3.79. The van der Waals surface area contributed by atoms with E-state index in [1.807, 2.05) is 0 Å². The summed E-state index contributed by atoms with van der Waals surface area (Å²) in [5, 5.41) is -3.79. The Balaban J connectivity index is 7.07. The predicted octanol–water partition coefficient (Wildman–Crippen LogP) is 8.32. The molecule has 230 valence electrons. The third-order valence-electron chi connectivity index (χ3n) is 4.26. The van der Waals surface area contributed by atoms with Gasteiger partial charge in [0.05, 0.1) is 5.34 Å². The summed E-state index contributed by atoms with van der Waals surface area (Å²) >= 11 is 0. The van der Waals surface area contributed by atoms with E-state index in [2.05, 4.69) is 0 Å². The van der Waals surface area contributed by atoms with Gasteiger partial charge >= 0.3 is 65.5 Å². The third kappa shape index (κ3) is 4.54. The van der Waals surface area contributed by atoms with E-state index in [1.165, 1.54) is 0 Å². The van der Waals surface area contributed by atoms with Crippen molar-refractivity contribution in [2.24, 2.45) is 0 Å². The number of halogens is 25. The molecule has 0 N–H and O–H groups in total. The molecule has 0 aliphatic heterocycles. The number of alkyl halides is 23. The SMILES string of the molecule is FN(F)C(F)(F)CC(F)(F)C(F)(F)C(F)(F)C(F)(F)C(F)(F)C(F)(F)C(F)(F)C(F)(F)C(F)(F)C(F)(F)F. The Morgan fingerprint density at radius 2 is 0.526 bits per heavy atom. The van der Waals surface area contributed by atoms with E-state index in [0.717, 1.165) is 0 Å². The van der Waals surface area contributed by atoms with Crippen LogP contribution in [-0.2, 0) is 0 Å². The molecule has 0 aliphatic carbocycles. The van der Waals surface area contributed by atoms with Crippen molar-refractivity contribution in [1.82, 2.24) is 5.34 Å². The Morgan fingerprint density at radius 3 is 0.737 bits per heavy atom. The zero-order valence-corrected chi connectivity index (χ0v) is 16.1. The van der Waals surface area contributed by atoms with Gasteiger partial charge in [0.15, 0.2) is 0 Å². The Morgan fingerprint density at radius 1 is 0.316 bits per heavy atom. The minimum Gasteiger partial charge on any atom is -0.199 e. The standard InChI is InChI=1S/C12H2F25N/c13-2(14,1-3(15,16)38(36)37)4(17,18)5(19,20)6(21,22)7(23,24)8(25,26)9(27,28)10(29,30)11(31,32)12(33,34)35/h1H2. The molecule has 0 aromatic rings. The average Bonchev–Trinajstić information content (AvgIpc) is 2.64. The highest BCUT2D eigenvalue weighted by Gasteiger charge is 2.98. The molecule has 1 nitrogen and oxygen atoms in total. The van der Waals surface area contributed by atoms with Crippen LogP contribution in [0.4, 0.5) is 110 Å². The van der Waals surface area contributed by atoms with Gasteiger partial charge in [0, 0.05) is 0 Å². The number of hydrogen-bond acceptors (Lipinski definition) is 1. The Hall–Kier alpha value is -1.79. The highest BCUT2D eigenvalue weighted by atomic mass is 19.4. The van der Waals surface area contributed by atoms with Gasteiger partial charge in [-0.3, -0.25) is 0 Å². The van der Waals surface area contributed by atoms with Crippen LogP contribution in [0.15, 0.2) is 0 Å². The summed E-state index contributed by atoms with van der Waals surface area (Å²) in [4.78, 5) is 0. The first kappa shape index (κ1) is 36.2. The van der Waals surface area contributed by atoms with Crippen molar-refractivity contribution in [1.29, 1.82) is 0 Å². The summed E-state index contributed by atoms with van der Waals surface area (Å²) in [6, 6.07) is -6.75. The van der Waals surface area contributed by atoms with Crippen molar-refractivity contribution in [3.8, 4) is 0 Å². The highest BCUT2D eigenvalue weighted by molar-refractivity contribution is 5.18. The van der Waals surface area contributed by atoms with Crippen molar-refractivity contribution >= 4 is 0 Å². The lowest BCUT2D eigenvalue weighted by Gasteiger charge is -2.44. The number of rotatable bonds is 11. The lowest BCUT2D eigenvalue weighted by molar-refractivity contribution is -0.476. The maximum Gasteiger partial charge on any atom is 0.460 e. The van der Waals surface area contributed by atoms with Gasteiger partial charge < -0.3 is 0 Å². The second kappa shape index (κ2) is 8.86. The molecule has 0 atom stereocenters. The number of hydrogen-bond donors (Lipinski definition) is 0. The van der Waals surface area contributed by atoms with E-state index >= 15 is 0 Å². The van der Waals surface area contributed by atoms with Crippen LogP contribution in [0.1, 0.15) is 6.42 Å². The summed E-state index contributed by atoms with van der Waals surface area (Å²) in [5.41, 5.74) is 0. The lowest BCUT2D eigenvalue weighted by Crippen LogP contribution is -2.77. The molecule has 0 radical (unpaired) electrons. The second-order valence-electron chi connectivity index (χ2n) is 6.87. The van der Waals surface area contributed by atoms with E-state index < -0.39 is 77.3 Å². The number of nitrogens with zero attached hydrogens (tertiary/aromatic N) is 1. The summed E-state index contributed by atoms with van der Waals surface area (Å²) < 4.78 is 322. The fourth-order valence-electron chi connectivity index (χ4n) is 2.03. The maximum atomic E-state index is 13.4. The summed E-state index contributed by atoms with van der Waals surface area (Å²) in [7, 11) is 0. The highest BCUT2D eigenvalue weighted by Crippen LogP contribution is 2.66. The molecule has 0 saturated carbocycles. The largest absolute Gasteiger partial charge is 0.460 e. The van der Waals surface area contributed by atoms with Crippen LogP contribution in [0.2, 0.25) is 0 Å². The van der Waals surface area contributed by atoms with Crippen molar-refractivity contribution in [2.45, 2.75) is 71.9 Å². The van der Waals surface area contributed by atoms with E-state index in [4.69, 9.17) is 0 Å². The molecular formula is C12H2F25N. The first-order valence-corrected chi connectivity index (χ1v) is 7.87. The molecular weight excluding hydrogens is 633 g/mol. The lowest BCUT2D eigenvalue weighted by atomic mass is 9.85. The third-order valence-corrected chi connectivity index (χ3v) is 4.26. The van der Waals surface area contributed by atoms with Crippen LogP contribution >= 0.6 is 0 Å². The Kier molecular flexibility index (Phi) is 8.44. The summed E-state index contributed by atoms with van der Waals surface area (Å²) in [6.45, 7) is 0. The average molecular weight is 635 g/mol. The maximum absolute atomic E-state index is 13.4. The van der Waals surface area contributed by atoms with Crippen molar-refractivity contribution < 1.29 is 110 Å². The van der Waals surface area contributed by atoms with Crippen molar-refractivity contribution in [3.63, 3.8) is 0 Å². The zero-order valence-electron chi connectivity index (χ0n) is 16.1. The molecule has 0 rings (SSSR count). The Bertz CT molecular complexity index is 847. The second-order valence-corrected chi connectivity index (χ2v) is 6.87. The van der Waals surface area contributed by atoms with E-state index in [0.29, 0.717) is 0 Å². The van der Waals surface area contributed by atoms with Gasteiger partial charge in [-0.15, -0.1) is 0 Å². The molecule has 0 aliphatic rings. The normalized spacial score (nSPS) is 16.9. The first-order valence-electron chi connectivity index (χ1n) is 7.87. The Labute approximate surface area is 189 Å². The van der Waals surface area contributed by atoms with E-state index in [1.54, 1.807) is 0 Å². The molecule has 0 amide bonds. The van der Waals surface area contributed by atoms with Crippen molar-refractivity contribution in [2.75, 3.05) is 0 Å². The van der Waals surface area contributed by atoms with Crippen LogP contribution < -0.4 is 0 Å². The molecule has 0 aromatic carbocycles. The molecule has 0 saturated heterocycles. The van der Waals surface area contributed by atoms with Crippen LogP contribution in [0, 0.1) is 0 Å². The quantitative estimate of drug-likeness (QED) is 0.126. The van der Waals surface area contributed by atoms with E-state index in [-0.39, 0.29) is 0 Å². The molecule has 0 fully saturated rings. The van der Waals surface area contributed by atoms with Gasteiger partial charge in [0.2, 0.25) is 0 Å². The van der Waals surface area contributed by atoms with Gasteiger partial charge in [0.1, 0.15) is 6.42 Å². The molecule has 0 spiro atoms. The fraction of sp³-hybridized carbons (Fsp3) is 1.00. The van der Waals surface area contributed by atoms with Gasteiger partial charge in [-0.2, -0.15) is 101 Å². The van der Waals surface area contributed by atoms with Gasteiger partial charge in [-0.1, -0.05) is 8.96 Å². The molecule has 0 heterocycles. The topological polar surface area (TPSA) is 3.24 Å². The minimum atomic E-state index is -9.45. The molecule has 0 aromatic heterocycles. The smallest absolute Gasteiger partial charge is 0.199 e. The van der Waals surface area contributed by atoms with Crippen molar-refractivity contribution in [3.05, 3.63) is 0 Å². The van der Waals surface area contributed by atoms with E-state index in [9.17, 15) is 110 Å². The summed E-state index contributed by atoms with van der Waals surface area (Å²) in [6.07, 6.45) is -12.9. The fourth-order valence-corrected chi connectivity index (χ4v) is 2.03. The molecule has 0 unspecified atom stereocenters. The van der Waals surface area contributed by atoms with Crippen LogP contribution in [0.5, 0.6) is 0 Å². The molecule has 38 heavy (non-hydrogen) atoms. The van der Waals surface area contributed by atoms with Gasteiger partial charge in [-0.05, 0) is 0 Å². The van der Waals surface area contributed by atoms with Crippen LogP contribution in [0.3, 0.4) is 0 Å². The molecule has 26 heteroatoms. The van der Waals surface area contributed by atoms with Crippen LogP contribution in [-0.4, -0.2) is 70.9 Å². The predicted molar refractivity (Wildman–Crippen MR) is 64.2 cm³/mol. The zero-order chi connectivity index (χ0) is 31.8. The van der Waals surface area contributed by atoms with Gasteiger partial charge in [-0.25, -0.2) is 0 Å². The first-order chi connectivity index (χ1) is 15.9. The van der Waals surface area contributed by atoms with Gasteiger partial charge in [0.25, 0.3) is 0 Å².